The Morgan fingerprint density at radius 1 is 1.36 bits per heavy atom. The summed E-state index contributed by atoms with van der Waals surface area (Å²) in [5.41, 5.74) is 5.54. The van der Waals surface area contributed by atoms with Crippen LogP contribution in [-0.4, -0.2) is 11.3 Å². The smallest absolute Gasteiger partial charge is 0.132 e. The lowest BCUT2D eigenvalue weighted by molar-refractivity contribution is -0.119. The van der Waals surface area contributed by atoms with Crippen LogP contribution in [0.1, 0.15) is 46.5 Å². The molecule has 0 radical (unpaired) electrons. The van der Waals surface area contributed by atoms with Crippen molar-refractivity contribution >= 4 is 5.78 Å². The standard InChI is InChI=1S/C9H19NO/c1-4-5-8(11)6-7-9(2,3)10/h4-7,10H2,1-3H3. The first-order valence-corrected chi connectivity index (χ1v) is 4.26. The Bertz CT molecular complexity index is 124. The molecule has 2 heteroatoms. The van der Waals surface area contributed by atoms with E-state index < -0.39 is 0 Å². The topological polar surface area (TPSA) is 43.1 Å². The van der Waals surface area contributed by atoms with Crippen LogP contribution in [0.2, 0.25) is 0 Å². The van der Waals surface area contributed by atoms with Crippen LogP contribution in [0.25, 0.3) is 0 Å². The van der Waals surface area contributed by atoms with Crippen LogP contribution in [0.3, 0.4) is 0 Å². The number of hydrogen-bond acceptors (Lipinski definition) is 2. The van der Waals surface area contributed by atoms with Crippen molar-refractivity contribution in [3.05, 3.63) is 0 Å². The Balaban J connectivity index is 3.46. The number of Topliss-reactive ketones (excluding diaryl/α,β-unsaturated/α-hetero) is 1. The molecule has 0 aromatic rings. The summed E-state index contributed by atoms with van der Waals surface area (Å²) in [6.45, 7) is 5.92. The molecule has 66 valence electrons. The number of nitrogens with two attached hydrogens (primary N) is 1. The first-order valence-electron chi connectivity index (χ1n) is 4.26. The van der Waals surface area contributed by atoms with Crippen molar-refractivity contribution in [1.29, 1.82) is 0 Å². The lowest BCUT2D eigenvalue weighted by Crippen LogP contribution is -2.32. The molecule has 0 aliphatic rings. The van der Waals surface area contributed by atoms with Gasteiger partial charge in [-0.05, 0) is 26.7 Å². The highest BCUT2D eigenvalue weighted by Gasteiger charge is 2.12. The van der Waals surface area contributed by atoms with Gasteiger partial charge >= 0.3 is 0 Å². The van der Waals surface area contributed by atoms with Gasteiger partial charge in [0.2, 0.25) is 0 Å². The molecule has 0 aliphatic heterocycles. The van der Waals surface area contributed by atoms with Crippen molar-refractivity contribution in [2.24, 2.45) is 5.73 Å². The first kappa shape index (κ1) is 10.6. The average molecular weight is 157 g/mol. The third kappa shape index (κ3) is 7.53. The molecule has 0 rings (SSSR count). The van der Waals surface area contributed by atoms with Gasteiger partial charge in [0.1, 0.15) is 5.78 Å². The number of rotatable bonds is 5. The van der Waals surface area contributed by atoms with Crippen LogP contribution < -0.4 is 5.73 Å². The second kappa shape index (κ2) is 4.50. The second-order valence-corrected chi connectivity index (χ2v) is 3.78. The van der Waals surface area contributed by atoms with E-state index in [1.165, 1.54) is 0 Å². The van der Waals surface area contributed by atoms with E-state index in [1.807, 2.05) is 20.8 Å². The Morgan fingerprint density at radius 3 is 2.27 bits per heavy atom. The summed E-state index contributed by atoms with van der Waals surface area (Å²) < 4.78 is 0. The zero-order valence-electron chi connectivity index (χ0n) is 7.81. The molecule has 2 N–H and O–H groups in total. The number of carbonyl (C=O) groups is 1. The van der Waals surface area contributed by atoms with Gasteiger partial charge in [-0.25, -0.2) is 0 Å². The summed E-state index contributed by atoms with van der Waals surface area (Å²) in [5.74, 6) is 0.339. The maximum Gasteiger partial charge on any atom is 0.132 e. The monoisotopic (exact) mass is 157 g/mol. The third-order valence-electron chi connectivity index (χ3n) is 1.58. The maximum absolute atomic E-state index is 11.0. The summed E-state index contributed by atoms with van der Waals surface area (Å²) in [4.78, 5) is 11.0. The van der Waals surface area contributed by atoms with Gasteiger partial charge in [-0.15, -0.1) is 0 Å². The summed E-state index contributed by atoms with van der Waals surface area (Å²) in [7, 11) is 0. The molecule has 0 atom stereocenters. The highest BCUT2D eigenvalue weighted by molar-refractivity contribution is 5.78. The zero-order chi connectivity index (χ0) is 8.91. The van der Waals surface area contributed by atoms with Crippen LogP contribution in [-0.2, 0) is 4.79 Å². The number of ketones is 1. The van der Waals surface area contributed by atoms with Crippen LogP contribution in [0.5, 0.6) is 0 Å². The lowest BCUT2D eigenvalue weighted by atomic mass is 9.97. The molecule has 0 aromatic carbocycles. The van der Waals surface area contributed by atoms with E-state index in [2.05, 4.69) is 0 Å². The van der Waals surface area contributed by atoms with E-state index in [9.17, 15) is 4.79 Å². The second-order valence-electron chi connectivity index (χ2n) is 3.78. The molecule has 11 heavy (non-hydrogen) atoms. The number of carbonyl (C=O) groups excluding carboxylic acids is 1. The highest BCUT2D eigenvalue weighted by Crippen LogP contribution is 2.08. The Kier molecular flexibility index (Phi) is 4.34. The molecule has 0 unspecified atom stereocenters. The van der Waals surface area contributed by atoms with Gasteiger partial charge in [0.25, 0.3) is 0 Å². The molecule has 0 spiro atoms. The van der Waals surface area contributed by atoms with Gasteiger partial charge in [0.15, 0.2) is 0 Å². The van der Waals surface area contributed by atoms with Crippen molar-refractivity contribution < 1.29 is 4.79 Å². The molecule has 0 bridgehead atoms. The summed E-state index contributed by atoms with van der Waals surface area (Å²) in [6.07, 6.45) is 3.09. The average Bonchev–Trinajstić information content (AvgIpc) is 1.83. The molecule has 2 nitrogen and oxygen atoms in total. The predicted octanol–water partition coefficient (Wildman–Crippen LogP) is 1.87. The van der Waals surface area contributed by atoms with Crippen LogP contribution in [0, 0.1) is 0 Å². The number of hydrogen-bond donors (Lipinski definition) is 1. The van der Waals surface area contributed by atoms with Crippen LogP contribution in [0.4, 0.5) is 0 Å². The summed E-state index contributed by atoms with van der Waals surface area (Å²) >= 11 is 0. The van der Waals surface area contributed by atoms with Crippen LogP contribution >= 0.6 is 0 Å². The molecule has 0 aromatic heterocycles. The molecular weight excluding hydrogens is 138 g/mol. The van der Waals surface area contributed by atoms with E-state index in [1.54, 1.807) is 0 Å². The maximum atomic E-state index is 11.0. The molecule has 0 saturated carbocycles. The van der Waals surface area contributed by atoms with E-state index in [4.69, 9.17) is 5.73 Å². The molecule has 0 fully saturated rings. The minimum absolute atomic E-state index is 0.191. The highest BCUT2D eigenvalue weighted by atomic mass is 16.1. The largest absolute Gasteiger partial charge is 0.326 e. The molecule has 0 aliphatic carbocycles. The minimum Gasteiger partial charge on any atom is -0.326 e. The van der Waals surface area contributed by atoms with Gasteiger partial charge in [0.05, 0.1) is 0 Å². The molecular formula is C9H19NO. The van der Waals surface area contributed by atoms with Crippen molar-refractivity contribution in [3.8, 4) is 0 Å². The van der Waals surface area contributed by atoms with Crippen molar-refractivity contribution in [2.75, 3.05) is 0 Å². The van der Waals surface area contributed by atoms with E-state index >= 15 is 0 Å². The van der Waals surface area contributed by atoms with Gasteiger partial charge in [-0.1, -0.05) is 6.92 Å². The Morgan fingerprint density at radius 2 is 1.91 bits per heavy atom. The van der Waals surface area contributed by atoms with Crippen molar-refractivity contribution in [2.45, 2.75) is 52.0 Å². The normalized spacial score (nSPS) is 11.6. The lowest BCUT2D eigenvalue weighted by Gasteiger charge is -2.17. The van der Waals surface area contributed by atoms with E-state index in [-0.39, 0.29) is 5.54 Å². The zero-order valence-corrected chi connectivity index (χ0v) is 7.81. The Hall–Kier alpha value is -0.370. The van der Waals surface area contributed by atoms with Gasteiger partial charge in [0, 0.05) is 18.4 Å². The Labute approximate surface area is 69.2 Å². The SMILES string of the molecule is CCCC(=O)CCC(C)(C)N. The van der Waals surface area contributed by atoms with Crippen LogP contribution in [0.15, 0.2) is 0 Å². The van der Waals surface area contributed by atoms with Crippen molar-refractivity contribution in [1.82, 2.24) is 0 Å². The van der Waals surface area contributed by atoms with Crippen molar-refractivity contribution in [3.63, 3.8) is 0 Å². The molecule has 0 saturated heterocycles. The third-order valence-corrected chi connectivity index (χ3v) is 1.58. The fourth-order valence-electron chi connectivity index (χ4n) is 0.865. The van der Waals surface area contributed by atoms with Gasteiger partial charge in [-0.2, -0.15) is 0 Å². The summed E-state index contributed by atoms with van der Waals surface area (Å²) in [6, 6.07) is 0. The molecule has 0 heterocycles. The first-order chi connectivity index (χ1) is 4.95. The fraction of sp³-hybridized carbons (Fsp3) is 0.889. The van der Waals surface area contributed by atoms with E-state index in [0.29, 0.717) is 18.6 Å². The predicted molar refractivity (Wildman–Crippen MR) is 47.4 cm³/mol. The fourth-order valence-corrected chi connectivity index (χ4v) is 0.865. The van der Waals surface area contributed by atoms with E-state index in [0.717, 1.165) is 12.8 Å². The summed E-state index contributed by atoms with van der Waals surface area (Å²) in [5, 5.41) is 0. The van der Waals surface area contributed by atoms with Gasteiger partial charge < -0.3 is 5.73 Å². The van der Waals surface area contributed by atoms with Gasteiger partial charge in [-0.3, -0.25) is 4.79 Å². The quantitative estimate of drug-likeness (QED) is 0.662. The molecule has 0 amide bonds. The minimum atomic E-state index is -0.191.